The minimum Gasteiger partial charge on any atom is -0.369 e. The van der Waals surface area contributed by atoms with Crippen LogP contribution in [-0.2, 0) is 6.54 Å². The Balaban J connectivity index is 2.05. The van der Waals surface area contributed by atoms with Gasteiger partial charge in [-0.25, -0.2) is 9.97 Å². The van der Waals surface area contributed by atoms with Crippen molar-refractivity contribution >= 4 is 17.1 Å². The number of aryl methyl sites for hydroxylation is 2. The van der Waals surface area contributed by atoms with E-state index in [0.29, 0.717) is 12.5 Å². The van der Waals surface area contributed by atoms with Gasteiger partial charge in [-0.2, -0.15) is 0 Å². The van der Waals surface area contributed by atoms with Crippen molar-refractivity contribution < 1.29 is 0 Å². The first-order chi connectivity index (χ1) is 9.13. The minimum absolute atomic E-state index is 0.440. The van der Waals surface area contributed by atoms with E-state index in [9.17, 15) is 0 Å². The largest absolute Gasteiger partial charge is 0.369 e. The number of aromatic nitrogens is 5. The summed E-state index contributed by atoms with van der Waals surface area (Å²) in [5.74, 6) is 0.440. The smallest absolute Gasteiger partial charge is 0.202 e. The highest BCUT2D eigenvalue weighted by molar-refractivity contribution is 5.74. The van der Waals surface area contributed by atoms with Crippen molar-refractivity contribution in [2.24, 2.45) is 0 Å². The number of hydrogen-bond donors (Lipinski definition) is 1. The molecular weight excluding hydrogens is 240 g/mol. The third kappa shape index (κ3) is 2.12. The first-order valence-electron chi connectivity index (χ1n) is 5.99. The molecule has 0 saturated carbocycles. The average molecular weight is 254 g/mol. The molecule has 3 rings (SSSR count). The zero-order valence-electron chi connectivity index (χ0n) is 10.8. The van der Waals surface area contributed by atoms with Crippen molar-refractivity contribution in [3.63, 3.8) is 0 Å². The van der Waals surface area contributed by atoms with Crippen molar-refractivity contribution in [2.45, 2.75) is 20.4 Å². The molecule has 0 saturated heterocycles. The molecule has 0 radical (unpaired) electrons. The maximum absolute atomic E-state index is 5.94. The molecule has 3 aromatic heterocycles. The molecule has 0 unspecified atom stereocenters. The van der Waals surface area contributed by atoms with Gasteiger partial charge in [0.2, 0.25) is 5.95 Å². The summed E-state index contributed by atoms with van der Waals surface area (Å²) in [7, 11) is 0. The van der Waals surface area contributed by atoms with Gasteiger partial charge in [-0.05, 0) is 25.5 Å². The number of nitrogens with two attached hydrogens (primary N) is 1. The number of nitrogen functional groups attached to an aromatic ring is 1. The quantitative estimate of drug-likeness (QED) is 0.748. The van der Waals surface area contributed by atoms with Gasteiger partial charge in [0.25, 0.3) is 0 Å². The topological polar surface area (TPSA) is 82.5 Å². The lowest BCUT2D eigenvalue weighted by Crippen LogP contribution is -2.07. The van der Waals surface area contributed by atoms with Crippen LogP contribution in [-0.4, -0.2) is 24.5 Å². The fourth-order valence-electron chi connectivity index (χ4n) is 1.95. The van der Waals surface area contributed by atoms with Crippen LogP contribution in [0.25, 0.3) is 11.2 Å². The molecule has 3 aromatic rings. The number of rotatable bonds is 2. The maximum Gasteiger partial charge on any atom is 0.202 e. The molecule has 3 heterocycles. The van der Waals surface area contributed by atoms with E-state index in [1.807, 2.05) is 24.5 Å². The zero-order chi connectivity index (χ0) is 13.4. The normalized spacial score (nSPS) is 11.1. The van der Waals surface area contributed by atoms with Crippen molar-refractivity contribution in [2.75, 3.05) is 5.73 Å². The molecule has 6 nitrogen and oxygen atoms in total. The molecule has 0 spiro atoms. The van der Waals surface area contributed by atoms with Crippen LogP contribution in [0.1, 0.15) is 17.0 Å². The Hall–Kier alpha value is -2.50. The Morgan fingerprint density at radius 1 is 1.11 bits per heavy atom. The number of imidazole rings is 1. The third-order valence-electron chi connectivity index (χ3n) is 2.91. The van der Waals surface area contributed by atoms with Crippen LogP contribution in [0.15, 0.2) is 24.7 Å². The van der Waals surface area contributed by atoms with E-state index in [-0.39, 0.29) is 0 Å². The molecule has 19 heavy (non-hydrogen) atoms. The molecule has 6 heteroatoms. The Morgan fingerprint density at radius 2 is 1.95 bits per heavy atom. The minimum atomic E-state index is 0.440. The first kappa shape index (κ1) is 11.6. The highest BCUT2D eigenvalue weighted by Gasteiger charge is 2.10. The molecule has 0 aliphatic heterocycles. The predicted molar refractivity (Wildman–Crippen MR) is 72.5 cm³/mol. The number of hydrogen-bond acceptors (Lipinski definition) is 5. The highest BCUT2D eigenvalue weighted by atomic mass is 15.2. The second-order valence-corrected chi connectivity index (χ2v) is 4.56. The summed E-state index contributed by atoms with van der Waals surface area (Å²) in [6.07, 6.45) is 5.29. The number of nitrogens with zero attached hydrogens (tertiary/aromatic N) is 5. The van der Waals surface area contributed by atoms with Crippen LogP contribution in [0, 0.1) is 13.8 Å². The number of anilines is 1. The van der Waals surface area contributed by atoms with Gasteiger partial charge in [-0.3, -0.25) is 14.5 Å². The first-order valence-corrected chi connectivity index (χ1v) is 5.99. The van der Waals surface area contributed by atoms with E-state index in [2.05, 4.69) is 19.9 Å². The lowest BCUT2D eigenvalue weighted by molar-refractivity contribution is 0.790. The molecule has 0 atom stereocenters. The second kappa shape index (κ2) is 4.31. The second-order valence-electron chi connectivity index (χ2n) is 4.56. The van der Waals surface area contributed by atoms with Gasteiger partial charge >= 0.3 is 0 Å². The Morgan fingerprint density at radius 3 is 2.68 bits per heavy atom. The molecular formula is C13H14N6. The monoisotopic (exact) mass is 254 g/mol. The van der Waals surface area contributed by atoms with Crippen LogP contribution < -0.4 is 5.73 Å². The fraction of sp³-hybridized carbons (Fsp3) is 0.231. The van der Waals surface area contributed by atoms with E-state index >= 15 is 0 Å². The summed E-state index contributed by atoms with van der Waals surface area (Å²) in [5.41, 5.74) is 10.3. The van der Waals surface area contributed by atoms with E-state index in [4.69, 9.17) is 5.73 Å². The van der Waals surface area contributed by atoms with E-state index in [1.54, 1.807) is 18.6 Å². The molecule has 96 valence electrons. The van der Waals surface area contributed by atoms with Crippen molar-refractivity contribution in [1.82, 2.24) is 24.5 Å². The molecule has 0 aromatic carbocycles. The SMILES string of the molecule is Cc1cnc2c(c1)nc(N)n2Cc1cnc(C)cn1. The molecule has 0 fully saturated rings. The van der Waals surface area contributed by atoms with E-state index < -0.39 is 0 Å². The number of pyridine rings is 1. The van der Waals surface area contributed by atoms with Crippen LogP contribution in [0.2, 0.25) is 0 Å². The van der Waals surface area contributed by atoms with Crippen molar-refractivity contribution in [3.8, 4) is 0 Å². The summed E-state index contributed by atoms with van der Waals surface area (Å²) in [4.78, 5) is 17.3. The van der Waals surface area contributed by atoms with Gasteiger partial charge in [0.05, 0.1) is 24.1 Å². The van der Waals surface area contributed by atoms with Gasteiger partial charge in [0.1, 0.15) is 5.52 Å². The lowest BCUT2D eigenvalue weighted by atomic mass is 10.3. The van der Waals surface area contributed by atoms with Gasteiger partial charge in [0, 0.05) is 12.4 Å². The van der Waals surface area contributed by atoms with Gasteiger partial charge in [0.15, 0.2) is 5.65 Å². The molecule has 0 amide bonds. The summed E-state index contributed by atoms with van der Waals surface area (Å²) in [5, 5.41) is 0. The summed E-state index contributed by atoms with van der Waals surface area (Å²) < 4.78 is 1.84. The molecule has 0 bridgehead atoms. The maximum atomic E-state index is 5.94. The predicted octanol–water partition coefficient (Wildman–Crippen LogP) is 1.47. The summed E-state index contributed by atoms with van der Waals surface area (Å²) in [6.45, 7) is 4.40. The van der Waals surface area contributed by atoms with Crippen molar-refractivity contribution in [3.05, 3.63) is 41.6 Å². The van der Waals surface area contributed by atoms with Gasteiger partial charge in [-0.1, -0.05) is 0 Å². The van der Waals surface area contributed by atoms with Crippen molar-refractivity contribution in [1.29, 1.82) is 0 Å². The summed E-state index contributed by atoms with van der Waals surface area (Å²) in [6, 6.07) is 1.97. The number of fused-ring (bicyclic) bond motifs is 1. The lowest BCUT2D eigenvalue weighted by Gasteiger charge is -2.05. The highest BCUT2D eigenvalue weighted by Crippen LogP contribution is 2.17. The Labute approximate surface area is 110 Å². The Kier molecular flexibility index (Phi) is 2.63. The molecule has 2 N–H and O–H groups in total. The van der Waals surface area contributed by atoms with Crippen LogP contribution in [0.4, 0.5) is 5.95 Å². The summed E-state index contributed by atoms with van der Waals surface area (Å²) >= 11 is 0. The van der Waals surface area contributed by atoms with Crippen LogP contribution in [0.3, 0.4) is 0 Å². The average Bonchev–Trinajstić information content (AvgIpc) is 2.68. The Bertz CT molecular complexity index is 729. The molecule has 0 aliphatic rings. The van der Waals surface area contributed by atoms with E-state index in [1.165, 1.54) is 0 Å². The van der Waals surface area contributed by atoms with Gasteiger partial charge < -0.3 is 5.73 Å². The molecule has 0 aliphatic carbocycles. The van der Waals surface area contributed by atoms with Crippen LogP contribution >= 0.6 is 0 Å². The van der Waals surface area contributed by atoms with E-state index in [0.717, 1.165) is 28.1 Å². The standard InChI is InChI=1S/C13H14N6/c1-8-3-11-12(17-4-8)19(13(14)18-11)7-10-6-15-9(2)5-16-10/h3-6H,7H2,1-2H3,(H2,14,18). The third-order valence-corrected chi connectivity index (χ3v) is 2.91. The van der Waals surface area contributed by atoms with Crippen LogP contribution in [0.5, 0.6) is 0 Å². The van der Waals surface area contributed by atoms with Gasteiger partial charge in [-0.15, -0.1) is 0 Å². The fourth-order valence-corrected chi connectivity index (χ4v) is 1.95. The zero-order valence-corrected chi connectivity index (χ0v) is 10.8.